The van der Waals surface area contributed by atoms with E-state index in [1.165, 1.54) is 3.57 Å². The fourth-order valence-corrected chi connectivity index (χ4v) is 3.40. The number of nitrogens with zero attached hydrogens (tertiary/aromatic N) is 3. The maximum Gasteiger partial charge on any atom is 0.151 e. The Morgan fingerprint density at radius 1 is 1.05 bits per heavy atom. The van der Waals surface area contributed by atoms with E-state index in [0.717, 1.165) is 42.6 Å². The lowest BCUT2D eigenvalue weighted by Crippen LogP contribution is -2.56. The minimum atomic E-state index is 0.619. The summed E-state index contributed by atoms with van der Waals surface area (Å²) in [7, 11) is 0. The van der Waals surface area contributed by atoms with E-state index in [-0.39, 0.29) is 0 Å². The van der Waals surface area contributed by atoms with Gasteiger partial charge in [-0.15, -0.1) is 10.2 Å². The Bertz CT molecular complexity index is 611. The molecule has 1 aromatic heterocycles. The third-order valence-electron chi connectivity index (χ3n) is 4.22. The number of aromatic nitrogens is 2. The smallest absolute Gasteiger partial charge is 0.151 e. The Balaban J connectivity index is 1.55. The van der Waals surface area contributed by atoms with E-state index in [1.54, 1.807) is 0 Å². The first-order chi connectivity index (χ1) is 9.81. The molecule has 0 radical (unpaired) electrons. The van der Waals surface area contributed by atoms with Gasteiger partial charge in [0, 0.05) is 40.7 Å². The zero-order valence-electron chi connectivity index (χ0n) is 11.0. The van der Waals surface area contributed by atoms with Crippen molar-refractivity contribution in [3.8, 4) is 11.3 Å². The molecule has 102 valence electrons. The molecule has 1 N–H and O–H groups in total. The van der Waals surface area contributed by atoms with Crippen molar-refractivity contribution in [2.75, 3.05) is 24.5 Å². The number of halogens is 1. The van der Waals surface area contributed by atoms with Crippen LogP contribution in [0, 0.1) is 9.49 Å². The number of benzene rings is 1. The van der Waals surface area contributed by atoms with Crippen LogP contribution < -0.4 is 10.2 Å². The van der Waals surface area contributed by atoms with Crippen LogP contribution in [0.3, 0.4) is 0 Å². The molecule has 2 unspecified atom stereocenters. The predicted octanol–water partition coefficient (Wildman–Crippen LogP) is 2.16. The second kappa shape index (κ2) is 4.96. The number of hydrogen-bond acceptors (Lipinski definition) is 4. The fourth-order valence-electron chi connectivity index (χ4n) is 3.04. The van der Waals surface area contributed by atoms with Gasteiger partial charge in [-0.3, -0.25) is 0 Å². The first-order valence-electron chi connectivity index (χ1n) is 6.88. The van der Waals surface area contributed by atoms with E-state index in [1.807, 2.05) is 0 Å². The summed E-state index contributed by atoms with van der Waals surface area (Å²) < 4.78 is 1.23. The molecule has 0 spiro atoms. The standard InChI is InChI=1S/C15H15IN4/c16-12-3-1-10(2-4-12)13-5-6-15(19-18-13)20-9-11-7-17-8-14(11)20/h1-6,11,14,17H,7-9H2. The van der Waals surface area contributed by atoms with Crippen LogP contribution in [0.25, 0.3) is 11.3 Å². The van der Waals surface area contributed by atoms with Gasteiger partial charge in [-0.05, 0) is 46.9 Å². The fraction of sp³-hybridized carbons (Fsp3) is 0.333. The summed E-state index contributed by atoms with van der Waals surface area (Å²) in [6.07, 6.45) is 0. The van der Waals surface area contributed by atoms with Crippen molar-refractivity contribution in [3.63, 3.8) is 0 Å². The molecule has 4 rings (SSSR count). The molecule has 2 aliphatic heterocycles. The SMILES string of the molecule is Ic1ccc(-c2ccc(N3CC4CNCC43)nn2)cc1. The Morgan fingerprint density at radius 2 is 1.90 bits per heavy atom. The van der Waals surface area contributed by atoms with Gasteiger partial charge in [0.05, 0.1) is 5.69 Å². The van der Waals surface area contributed by atoms with Crippen molar-refractivity contribution >= 4 is 28.4 Å². The van der Waals surface area contributed by atoms with Gasteiger partial charge in [0.25, 0.3) is 0 Å². The predicted molar refractivity (Wildman–Crippen MR) is 87.7 cm³/mol. The number of nitrogens with one attached hydrogen (secondary N) is 1. The molecule has 20 heavy (non-hydrogen) atoms. The zero-order valence-corrected chi connectivity index (χ0v) is 13.1. The van der Waals surface area contributed by atoms with Gasteiger partial charge in [0.2, 0.25) is 0 Å². The molecule has 0 bridgehead atoms. The van der Waals surface area contributed by atoms with Crippen molar-refractivity contribution < 1.29 is 0 Å². The molecule has 0 aliphatic carbocycles. The molecule has 1 aromatic carbocycles. The van der Waals surface area contributed by atoms with Gasteiger partial charge in [0.1, 0.15) is 0 Å². The van der Waals surface area contributed by atoms with Gasteiger partial charge in [-0.1, -0.05) is 12.1 Å². The van der Waals surface area contributed by atoms with Crippen molar-refractivity contribution in [2.45, 2.75) is 6.04 Å². The van der Waals surface area contributed by atoms with Crippen LogP contribution in [0.15, 0.2) is 36.4 Å². The summed E-state index contributed by atoms with van der Waals surface area (Å²) >= 11 is 2.31. The molecule has 2 fully saturated rings. The van der Waals surface area contributed by atoms with Gasteiger partial charge in [-0.2, -0.15) is 0 Å². The summed E-state index contributed by atoms with van der Waals surface area (Å²) in [6.45, 7) is 3.33. The molecule has 0 amide bonds. The molecule has 2 aliphatic rings. The lowest BCUT2D eigenvalue weighted by Gasteiger charge is -2.44. The van der Waals surface area contributed by atoms with Crippen LogP contribution in [-0.4, -0.2) is 35.9 Å². The van der Waals surface area contributed by atoms with Crippen molar-refractivity contribution in [1.29, 1.82) is 0 Å². The Kier molecular flexibility index (Phi) is 3.11. The van der Waals surface area contributed by atoms with Gasteiger partial charge >= 0.3 is 0 Å². The number of rotatable bonds is 2. The average molecular weight is 378 g/mol. The summed E-state index contributed by atoms with van der Waals surface area (Å²) in [5, 5.41) is 12.2. The summed E-state index contributed by atoms with van der Waals surface area (Å²) in [6, 6.07) is 13.1. The normalized spacial score (nSPS) is 24.4. The maximum atomic E-state index is 4.41. The minimum absolute atomic E-state index is 0.619. The van der Waals surface area contributed by atoms with Gasteiger partial charge in [0.15, 0.2) is 5.82 Å². The van der Waals surface area contributed by atoms with Gasteiger partial charge in [-0.25, -0.2) is 0 Å². The minimum Gasteiger partial charge on any atom is -0.350 e. The third kappa shape index (κ3) is 2.09. The Labute approximate surface area is 131 Å². The van der Waals surface area contributed by atoms with Crippen molar-refractivity contribution in [2.24, 2.45) is 5.92 Å². The molecular weight excluding hydrogens is 363 g/mol. The van der Waals surface area contributed by atoms with Crippen LogP contribution in [0.5, 0.6) is 0 Å². The lowest BCUT2D eigenvalue weighted by atomic mass is 9.92. The van der Waals surface area contributed by atoms with Crippen LogP contribution in [-0.2, 0) is 0 Å². The van der Waals surface area contributed by atoms with Crippen LogP contribution in [0.2, 0.25) is 0 Å². The number of fused-ring (bicyclic) bond motifs is 1. The first-order valence-corrected chi connectivity index (χ1v) is 7.96. The average Bonchev–Trinajstić information content (AvgIpc) is 2.82. The largest absolute Gasteiger partial charge is 0.350 e. The van der Waals surface area contributed by atoms with E-state index >= 15 is 0 Å². The Morgan fingerprint density at radius 3 is 2.60 bits per heavy atom. The molecule has 0 saturated carbocycles. The first kappa shape index (κ1) is 12.5. The quantitative estimate of drug-likeness (QED) is 0.814. The molecule has 5 heteroatoms. The highest BCUT2D eigenvalue weighted by Gasteiger charge is 2.42. The summed E-state index contributed by atoms with van der Waals surface area (Å²) in [5.74, 6) is 1.80. The topological polar surface area (TPSA) is 41.0 Å². The van der Waals surface area contributed by atoms with E-state index in [2.05, 4.69) is 79.4 Å². The molecule has 2 saturated heterocycles. The van der Waals surface area contributed by atoms with E-state index in [4.69, 9.17) is 0 Å². The van der Waals surface area contributed by atoms with Crippen LogP contribution in [0.4, 0.5) is 5.82 Å². The van der Waals surface area contributed by atoms with Crippen LogP contribution in [0.1, 0.15) is 0 Å². The number of anilines is 1. The summed E-state index contributed by atoms with van der Waals surface area (Å²) in [4.78, 5) is 2.36. The van der Waals surface area contributed by atoms with E-state index in [0.29, 0.717) is 6.04 Å². The van der Waals surface area contributed by atoms with Crippen molar-refractivity contribution in [1.82, 2.24) is 15.5 Å². The monoisotopic (exact) mass is 378 g/mol. The van der Waals surface area contributed by atoms with Crippen LogP contribution >= 0.6 is 22.6 Å². The molecule has 2 aromatic rings. The maximum absolute atomic E-state index is 4.41. The van der Waals surface area contributed by atoms with E-state index in [9.17, 15) is 0 Å². The molecule has 2 atom stereocenters. The summed E-state index contributed by atoms with van der Waals surface area (Å²) in [5.41, 5.74) is 2.06. The zero-order chi connectivity index (χ0) is 13.5. The highest BCUT2D eigenvalue weighted by Crippen LogP contribution is 2.32. The molecule has 3 heterocycles. The van der Waals surface area contributed by atoms with Crippen molar-refractivity contribution in [3.05, 3.63) is 40.0 Å². The highest BCUT2D eigenvalue weighted by molar-refractivity contribution is 14.1. The second-order valence-electron chi connectivity index (χ2n) is 5.42. The molecular formula is C15H15IN4. The Hall–Kier alpha value is -1.21. The third-order valence-corrected chi connectivity index (χ3v) is 4.94. The number of hydrogen-bond donors (Lipinski definition) is 1. The van der Waals surface area contributed by atoms with E-state index < -0.39 is 0 Å². The second-order valence-corrected chi connectivity index (χ2v) is 6.67. The highest BCUT2D eigenvalue weighted by atomic mass is 127. The molecule has 4 nitrogen and oxygen atoms in total. The van der Waals surface area contributed by atoms with Gasteiger partial charge < -0.3 is 10.2 Å². The lowest BCUT2D eigenvalue weighted by molar-refractivity contribution is 0.361.